The highest BCUT2D eigenvalue weighted by Gasteiger charge is 2.31. The van der Waals surface area contributed by atoms with Crippen molar-refractivity contribution in [2.75, 3.05) is 32.7 Å². The topological polar surface area (TPSA) is 23.6 Å². The monoisotopic (exact) mass is 238 g/mol. The predicted molar refractivity (Wildman–Crippen MR) is 70.1 cm³/mol. The number of fused-ring (bicyclic) bond motifs is 1. The van der Waals surface area contributed by atoms with Gasteiger partial charge in [-0.1, -0.05) is 27.2 Å². The quantitative estimate of drug-likeness (QED) is 0.732. The summed E-state index contributed by atoms with van der Waals surface area (Å²) in [5.74, 6) is 0.377. The molecule has 0 amide bonds. The van der Waals surface area contributed by atoms with Gasteiger partial charge in [0.25, 0.3) is 0 Å². The van der Waals surface area contributed by atoms with Crippen LogP contribution in [0.25, 0.3) is 0 Å². The fourth-order valence-corrected chi connectivity index (χ4v) is 2.80. The van der Waals surface area contributed by atoms with Crippen molar-refractivity contribution in [2.24, 2.45) is 5.41 Å². The second-order valence-corrected chi connectivity index (χ2v) is 6.59. The van der Waals surface area contributed by atoms with Gasteiger partial charge in [0.2, 0.25) is 0 Å². The molecule has 1 unspecified atom stereocenters. The minimum Gasteiger partial charge on any atom is -0.298 e. The number of carbonyl (C=O) groups is 1. The summed E-state index contributed by atoms with van der Waals surface area (Å²) in [6.45, 7) is 11.3. The van der Waals surface area contributed by atoms with E-state index in [0.29, 0.717) is 18.4 Å². The van der Waals surface area contributed by atoms with Gasteiger partial charge in [0.15, 0.2) is 5.78 Å². The molecule has 2 fully saturated rings. The van der Waals surface area contributed by atoms with Crippen LogP contribution in [0.5, 0.6) is 0 Å². The fraction of sp³-hybridized carbons (Fsp3) is 0.929. The van der Waals surface area contributed by atoms with Gasteiger partial charge in [0.05, 0.1) is 6.54 Å². The third kappa shape index (κ3) is 3.29. The third-order valence-corrected chi connectivity index (χ3v) is 4.13. The maximum atomic E-state index is 12.0. The summed E-state index contributed by atoms with van der Waals surface area (Å²) in [6.07, 6.45) is 4.04. The number of rotatable bonds is 2. The van der Waals surface area contributed by atoms with E-state index in [0.717, 1.165) is 19.6 Å². The molecule has 2 heterocycles. The molecule has 2 saturated heterocycles. The summed E-state index contributed by atoms with van der Waals surface area (Å²) in [5, 5.41) is 0. The van der Waals surface area contributed by atoms with Crippen molar-refractivity contribution >= 4 is 5.78 Å². The average Bonchev–Trinajstić information content (AvgIpc) is 2.27. The molecule has 0 aromatic carbocycles. The standard InChI is InChI=1S/C14H26N2O/c1-14(2,3)13(17)11-15-8-9-16-7-5-4-6-12(16)10-15/h12H,4-11H2,1-3H3. The maximum absolute atomic E-state index is 12.0. The summed E-state index contributed by atoms with van der Waals surface area (Å²) in [5.41, 5.74) is -0.191. The summed E-state index contributed by atoms with van der Waals surface area (Å²) in [4.78, 5) is 17.0. The number of carbonyl (C=O) groups excluding carboxylic acids is 1. The van der Waals surface area contributed by atoms with Crippen molar-refractivity contribution in [2.45, 2.75) is 46.1 Å². The molecule has 0 spiro atoms. The summed E-state index contributed by atoms with van der Waals surface area (Å²) >= 11 is 0. The molecule has 3 heteroatoms. The first-order valence-electron chi connectivity index (χ1n) is 6.96. The van der Waals surface area contributed by atoms with Crippen LogP contribution in [0.4, 0.5) is 0 Å². The van der Waals surface area contributed by atoms with E-state index < -0.39 is 0 Å². The smallest absolute Gasteiger partial charge is 0.152 e. The first-order valence-corrected chi connectivity index (χ1v) is 6.96. The van der Waals surface area contributed by atoms with E-state index in [1.54, 1.807) is 0 Å². The molecule has 17 heavy (non-hydrogen) atoms. The molecular weight excluding hydrogens is 212 g/mol. The molecule has 2 rings (SSSR count). The Morgan fingerprint density at radius 2 is 1.94 bits per heavy atom. The zero-order valence-corrected chi connectivity index (χ0v) is 11.5. The average molecular weight is 238 g/mol. The van der Waals surface area contributed by atoms with Crippen LogP contribution in [0.15, 0.2) is 0 Å². The fourth-order valence-electron chi connectivity index (χ4n) is 2.80. The van der Waals surface area contributed by atoms with Gasteiger partial charge in [-0.25, -0.2) is 0 Å². The Labute approximate surface area is 105 Å². The molecule has 2 aliphatic rings. The van der Waals surface area contributed by atoms with Gasteiger partial charge in [-0.15, -0.1) is 0 Å². The molecule has 0 aliphatic carbocycles. The van der Waals surface area contributed by atoms with Gasteiger partial charge in [-0.2, -0.15) is 0 Å². The lowest BCUT2D eigenvalue weighted by Gasteiger charge is -2.44. The SMILES string of the molecule is CC(C)(C)C(=O)CN1CCN2CCCCC2C1. The van der Waals surface area contributed by atoms with E-state index in [9.17, 15) is 4.79 Å². The van der Waals surface area contributed by atoms with Crippen LogP contribution >= 0.6 is 0 Å². The zero-order valence-electron chi connectivity index (χ0n) is 11.5. The minimum atomic E-state index is -0.191. The number of ketones is 1. The van der Waals surface area contributed by atoms with Crippen LogP contribution in [0.3, 0.4) is 0 Å². The van der Waals surface area contributed by atoms with Crippen molar-refractivity contribution < 1.29 is 4.79 Å². The largest absolute Gasteiger partial charge is 0.298 e. The summed E-state index contributed by atoms with van der Waals surface area (Å²) in [7, 11) is 0. The van der Waals surface area contributed by atoms with E-state index in [2.05, 4.69) is 9.80 Å². The van der Waals surface area contributed by atoms with Gasteiger partial charge in [-0.3, -0.25) is 14.6 Å². The lowest BCUT2D eigenvalue weighted by molar-refractivity contribution is -0.128. The van der Waals surface area contributed by atoms with E-state index in [1.165, 1.54) is 25.8 Å². The summed E-state index contributed by atoms with van der Waals surface area (Å²) in [6, 6.07) is 0.713. The van der Waals surface area contributed by atoms with Crippen molar-refractivity contribution in [3.05, 3.63) is 0 Å². The number of hydrogen-bond acceptors (Lipinski definition) is 3. The van der Waals surface area contributed by atoms with E-state index >= 15 is 0 Å². The third-order valence-electron chi connectivity index (χ3n) is 4.13. The van der Waals surface area contributed by atoms with Crippen molar-refractivity contribution in [3.63, 3.8) is 0 Å². The Balaban J connectivity index is 1.86. The Morgan fingerprint density at radius 1 is 1.18 bits per heavy atom. The predicted octanol–water partition coefficient (Wildman–Crippen LogP) is 1.77. The number of hydrogen-bond donors (Lipinski definition) is 0. The van der Waals surface area contributed by atoms with Gasteiger partial charge in [0.1, 0.15) is 0 Å². The Morgan fingerprint density at radius 3 is 2.65 bits per heavy atom. The van der Waals surface area contributed by atoms with Crippen LogP contribution in [0.2, 0.25) is 0 Å². The number of piperazine rings is 1. The molecule has 3 nitrogen and oxygen atoms in total. The van der Waals surface area contributed by atoms with Crippen LogP contribution in [0.1, 0.15) is 40.0 Å². The van der Waals surface area contributed by atoms with Gasteiger partial charge in [-0.05, 0) is 19.4 Å². The molecule has 98 valence electrons. The highest BCUT2D eigenvalue weighted by molar-refractivity contribution is 5.85. The Bertz CT molecular complexity index is 282. The van der Waals surface area contributed by atoms with Gasteiger partial charge in [0, 0.05) is 31.1 Å². The molecule has 0 saturated carbocycles. The van der Waals surface area contributed by atoms with Gasteiger partial charge >= 0.3 is 0 Å². The molecule has 1 atom stereocenters. The second kappa shape index (κ2) is 5.07. The number of piperidine rings is 1. The van der Waals surface area contributed by atoms with E-state index in [4.69, 9.17) is 0 Å². The number of nitrogens with zero attached hydrogens (tertiary/aromatic N) is 2. The molecule has 0 bridgehead atoms. The van der Waals surface area contributed by atoms with E-state index in [-0.39, 0.29) is 5.41 Å². The van der Waals surface area contributed by atoms with Crippen LogP contribution < -0.4 is 0 Å². The van der Waals surface area contributed by atoms with Crippen molar-refractivity contribution in [1.82, 2.24) is 9.80 Å². The van der Waals surface area contributed by atoms with Crippen molar-refractivity contribution in [3.8, 4) is 0 Å². The molecule has 0 radical (unpaired) electrons. The number of Topliss-reactive ketones (excluding diaryl/α,β-unsaturated/α-hetero) is 1. The lowest BCUT2D eigenvalue weighted by atomic mass is 9.90. The van der Waals surface area contributed by atoms with Crippen LogP contribution in [-0.2, 0) is 4.79 Å². The van der Waals surface area contributed by atoms with Crippen LogP contribution in [-0.4, -0.2) is 54.3 Å². The molecule has 0 aromatic heterocycles. The molecule has 2 aliphatic heterocycles. The zero-order chi connectivity index (χ0) is 12.5. The molecular formula is C14H26N2O. The minimum absolute atomic E-state index is 0.191. The van der Waals surface area contributed by atoms with Gasteiger partial charge < -0.3 is 0 Å². The van der Waals surface area contributed by atoms with Crippen LogP contribution in [0, 0.1) is 5.41 Å². The lowest BCUT2D eigenvalue weighted by Crippen LogP contribution is -2.56. The highest BCUT2D eigenvalue weighted by atomic mass is 16.1. The Hall–Kier alpha value is -0.410. The first-order chi connectivity index (χ1) is 7.97. The maximum Gasteiger partial charge on any atom is 0.152 e. The Kier molecular flexibility index (Phi) is 3.88. The second-order valence-electron chi connectivity index (χ2n) is 6.59. The first kappa shape index (κ1) is 13.0. The molecule has 0 aromatic rings. The van der Waals surface area contributed by atoms with E-state index in [1.807, 2.05) is 20.8 Å². The normalized spacial score (nSPS) is 27.8. The molecule has 0 N–H and O–H groups in total. The van der Waals surface area contributed by atoms with Crippen molar-refractivity contribution in [1.29, 1.82) is 0 Å². The highest BCUT2D eigenvalue weighted by Crippen LogP contribution is 2.22. The summed E-state index contributed by atoms with van der Waals surface area (Å²) < 4.78 is 0.